The number of rotatable bonds is 5. The molecule has 2 saturated heterocycles. The Balaban J connectivity index is 1.40. The summed E-state index contributed by atoms with van der Waals surface area (Å²) in [7, 11) is 1.84. The van der Waals surface area contributed by atoms with Gasteiger partial charge in [-0.25, -0.2) is 0 Å². The van der Waals surface area contributed by atoms with E-state index in [2.05, 4.69) is 20.9 Å². The van der Waals surface area contributed by atoms with Gasteiger partial charge in [0.25, 0.3) is 0 Å². The zero-order valence-electron chi connectivity index (χ0n) is 15.0. The van der Waals surface area contributed by atoms with Crippen molar-refractivity contribution in [3.63, 3.8) is 0 Å². The summed E-state index contributed by atoms with van der Waals surface area (Å²) in [4.78, 5) is 9.70. The summed E-state index contributed by atoms with van der Waals surface area (Å²) in [5.41, 5.74) is 1.84. The van der Waals surface area contributed by atoms with Gasteiger partial charge in [-0.1, -0.05) is 12.5 Å². The minimum Gasteiger partial charge on any atom is -0.383 e. The molecule has 3 fully saturated rings. The Morgan fingerprint density at radius 1 is 1.29 bits per heavy atom. The van der Waals surface area contributed by atoms with Crippen molar-refractivity contribution in [2.75, 3.05) is 33.4 Å². The number of piperidine rings is 1. The van der Waals surface area contributed by atoms with Gasteiger partial charge in [-0.15, -0.1) is 0 Å². The van der Waals surface area contributed by atoms with Crippen LogP contribution in [0.15, 0.2) is 24.5 Å². The van der Waals surface area contributed by atoms with E-state index in [4.69, 9.17) is 4.74 Å². The zero-order valence-corrected chi connectivity index (χ0v) is 15.0. The molecule has 4 rings (SSSR count). The van der Waals surface area contributed by atoms with Crippen molar-refractivity contribution >= 4 is 0 Å². The number of ether oxygens (including phenoxy) is 1. The Morgan fingerprint density at radius 3 is 2.75 bits per heavy atom. The fourth-order valence-corrected chi connectivity index (χ4v) is 5.00. The van der Waals surface area contributed by atoms with Gasteiger partial charge in [0.05, 0.1) is 6.61 Å². The van der Waals surface area contributed by atoms with Gasteiger partial charge < -0.3 is 9.64 Å². The first-order valence-corrected chi connectivity index (χ1v) is 9.64. The highest BCUT2D eigenvalue weighted by Gasteiger charge is 2.46. The lowest BCUT2D eigenvalue weighted by Crippen LogP contribution is -2.48. The van der Waals surface area contributed by atoms with Gasteiger partial charge in [0.15, 0.2) is 0 Å². The van der Waals surface area contributed by atoms with Crippen LogP contribution < -0.4 is 0 Å². The van der Waals surface area contributed by atoms with Crippen LogP contribution in [0.4, 0.5) is 0 Å². The predicted molar refractivity (Wildman–Crippen MR) is 95.8 cm³/mol. The monoisotopic (exact) mass is 329 g/mol. The molecule has 3 aliphatic rings. The van der Waals surface area contributed by atoms with E-state index >= 15 is 0 Å². The molecule has 1 atom stereocenters. The van der Waals surface area contributed by atoms with Gasteiger partial charge in [-0.2, -0.15) is 0 Å². The second-order valence-electron chi connectivity index (χ2n) is 8.20. The molecule has 0 radical (unpaired) electrons. The highest BCUT2D eigenvalue weighted by molar-refractivity contribution is 5.10. The van der Waals surface area contributed by atoms with E-state index in [9.17, 15) is 0 Å². The van der Waals surface area contributed by atoms with Crippen LogP contribution in [-0.4, -0.2) is 60.2 Å². The lowest BCUT2D eigenvalue weighted by molar-refractivity contribution is 0.0462. The molecule has 0 bridgehead atoms. The van der Waals surface area contributed by atoms with E-state index in [1.165, 1.54) is 63.7 Å². The Kier molecular flexibility index (Phi) is 4.88. The molecule has 4 nitrogen and oxygen atoms in total. The molecule has 1 aromatic heterocycles. The Hall–Kier alpha value is -0.970. The number of hydrogen-bond acceptors (Lipinski definition) is 4. The molecule has 0 unspecified atom stereocenters. The van der Waals surface area contributed by atoms with Crippen molar-refractivity contribution < 1.29 is 4.74 Å². The van der Waals surface area contributed by atoms with Crippen LogP contribution in [0, 0.1) is 5.41 Å². The number of methoxy groups -OCH3 is 1. The van der Waals surface area contributed by atoms with Gasteiger partial charge in [0.1, 0.15) is 0 Å². The normalized spacial score (nSPS) is 28.3. The minimum absolute atomic E-state index is 0.519. The Morgan fingerprint density at radius 2 is 2.12 bits per heavy atom. The van der Waals surface area contributed by atoms with Crippen molar-refractivity contribution in [3.8, 4) is 0 Å². The molecule has 4 heteroatoms. The topological polar surface area (TPSA) is 28.6 Å². The lowest BCUT2D eigenvalue weighted by Gasteiger charge is -2.45. The highest BCUT2D eigenvalue weighted by Crippen LogP contribution is 2.45. The smallest absolute Gasteiger partial charge is 0.0618 e. The molecule has 0 aromatic carbocycles. The largest absolute Gasteiger partial charge is 0.383 e. The summed E-state index contributed by atoms with van der Waals surface area (Å²) in [5.74, 6) is 0. The molecule has 3 heterocycles. The van der Waals surface area contributed by atoms with Crippen molar-refractivity contribution in [3.05, 3.63) is 30.1 Å². The van der Waals surface area contributed by atoms with Crippen molar-refractivity contribution in [2.45, 2.75) is 57.2 Å². The maximum atomic E-state index is 5.55. The Bertz CT molecular complexity index is 523. The van der Waals surface area contributed by atoms with E-state index in [-0.39, 0.29) is 0 Å². The van der Waals surface area contributed by atoms with Crippen LogP contribution in [0.3, 0.4) is 0 Å². The summed E-state index contributed by atoms with van der Waals surface area (Å²) < 4.78 is 5.55. The minimum atomic E-state index is 0.519. The molecule has 1 spiro atoms. The summed E-state index contributed by atoms with van der Waals surface area (Å²) >= 11 is 0. The third kappa shape index (κ3) is 3.37. The lowest BCUT2D eigenvalue weighted by atomic mass is 9.75. The van der Waals surface area contributed by atoms with Gasteiger partial charge in [-0.05, 0) is 62.2 Å². The molecular formula is C20H31N3O. The summed E-state index contributed by atoms with van der Waals surface area (Å²) in [6.45, 7) is 5.72. The molecule has 0 N–H and O–H groups in total. The second-order valence-corrected chi connectivity index (χ2v) is 8.20. The van der Waals surface area contributed by atoms with E-state index in [1.807, 2.05) is 25.6 Å². The van der Waals surface area contributed by atoms with Crippen molar-refractivity contribution in [1.82, 2.24) is 14.8 Å². The summed E-state index contributed by atoms with van der Waals surface area (Å²) in [5, 5.41) is 0. The van der Waals surface area contributed by atoms with Crippen LogP contribution in [0.1, 0.15) is 44.1 Å². The summed E-state index contributed by atoms with van der Waals surface area (Å²) in [6.07, 6.45) is 12.2. The maximum absolute atomic E-state index is 5.55. The highest BCUT2D eigenvalue weighted by atomic mass is 16.5. The van der Waals surface area contributed by atoms with Crippen molar-refractivity contribution in [2.24, 2.45) is 5.41 Å². The molecule has 1 aliphatic carbocycles. The second kappa shape index (κ2) is 7.11. The SMILES string of the molecule is COC[C@H]1CC2(CCN(C3CCC3)CC2)CN1Cc1cccnc1. The summed E-state index contributed by atoms with van der Waals surface area (Å²) in [6, 6.07) is 5.71. The number of likely N-dealkylation sites (tertiary alicyclic amines) is 2. The first-order chi connectivity index (χ1) is 11.8. The molecular weight excluding hydrogens is 298 g/mol. The van der Waals surface area contributed by atoms with E-state index in [1.54, 1.807) is 0 Å². The van der Waals surface area contributed by atoms with E-state index in [0.717, 1.165) is 19.2 Å². The molecule has 132 valence electrons. The molecule has 24 heavy (non-hydrogen) atoms. The molecule has 2 aliphatic heterocycles. The van der Waals surface area contributed by atoms with Gasteiger partial charge in [0.2, 0.25) is 0 Å². The maximum Gasteiger partial charge on any atom is 0.0618 e. The van der Waals surface area contributed by atoms with Crippen LogP contribution in [0.25, 0.3) is 0 Å². The predicted octanol–water partition coefficient (Wildman–Crippen LogP) is 2.94. The first-order valence-electron chi connectivity index (χ1n) is 9.64. The van der Waals surface area contributed by atoms with Crippen LogP contribution in [0.5, 0.6) is 0 Å². The van der Waals surface area contributed by atoms with Crippen LogP contribution >= 0.6 is 0 Å². The average Bonchev–Trinajstić information content (AvgIpc) is 2.87. The molecule has 0 amide bonds. The van der Waals surface area contributed by atoms with E-state index in [0.29, 0.717) is 11.5 Å². The van der Waals surface area contributed by atoms with Gasteiger partial charge >= 0.3 is 0 Å². The van der Waals surface area contributed by atoms with Gasteiger partial charge in [0, 0.05) is 44.7 Å². The quantitative estimate of drug-likeness (QED) is 0.830. The first kappa shape index (κ1) is 16.5. The third-order valence-corrected chi connectivity index (χ3v) is 6.64. The zero-order chi connectivity index (χ0) is 16.4. The average molecular weight is 329 g/mol. The standard InChI is InChI=1S/C20H31N3O/c1-24-15-19-12-20(7-10-22(11-8-20)18-5-2-6-18)16-23(19)14-17-4-3-9-21-13-17/h3-4,9,13,18-19H,2,5-8,10-12,14-16H2,1H3/t19-/m1/s1. The fourth-order valence-electron chi connectivity index (χ4n) is 5.00. The van der Waals surface area contributed by atoms with Crippen LogP contribution in [-0.2, 0) is 11.3 Å². The van der Waals surface area contributed by atoms with Crippen LogP contribution in [0.2, 0.25) is 0 Å². The number of aromatic nitrogens is 1. The third-order valence-electron chi connectivity index (χ3n) is 6.64. The van der Waals surface area contributed by atoms with Crippen molar-refractivity contribution in [1.29, 1.82) is 0 Å². The molecule has 1 saturated carbocycles. The van der Waals surface area contributed by atoms with Gasteiger partial charge in [-0.3, -0.25) is 9.88 Å². The number of pyridine rings is 1. The number of nitrogens with zero attached hydrogens (tertiary/aromatic N) is 3. The van der Waals surface area contributed by atoms with E-state index < -0.39 is 0 Å². The Labute approximate surface area is 146 Å². The number of hydrogen-bond donors (Lipinski definition) is 0. The fraction of sp³-hybridized carbons (Fsp3) is 0.750. The molecule has 1 aromatic rings.